The highest BCUT2D eigenvalue weighted by Gasteiger charge is 2.27. The highest BCUT2D eigenvalue weighted by atomic mass is 16.2. The molecular weight excluding hydrogens is 298 g/mol. The molecule has 128 valence electrons. The topological polar surface area (TPSA) is 38.1 Å². The molecule has 1 atom stereocenters. The number of carbonyl (C=O) groups is 1. The van der Waals surface area contributed by atoms with Gasteiger partial charge in [0, 0.05) is 37.4 Å². The lowest BCUT2D eigenvalue weighted by Gasteiger charge is -2.33. The Labute approximate surface area is 144 Å². The van der Waals surface area contributed by atoms with Crippen LogP contribution in [0.1, 0.15) is 55.6 Å². The smallest absolute Gasteiger partial charge is 0.227 e. The molecule has 4 nitrogen and oxygen atoms in total. The summed E-state index contributed by atoms with van der Waals surface area (Å²) in [4.78, 5) is 19.3. The van der Waals surface area contributed by atoms with Gasteiger partial charge in [-0.1, -0.05) is 29.8 Å². The van der Waals surface area contributed by atoms with Crippen molar-refractivity contribution in [1.82, 2.24) is 14.5 Å². The molecule has 2 aromatic rings. The maximum Gasteiger partial charge on any atom is 0.227 e. The fourth-order valence-electron chi connectivity index (χ4n) is 3.60. The van der Waals surface area contributed by atoms with E-state index < -0.39 is 0 Å². The molecule has 24 heavy (non-hydrogen) atoms. The lowest BCUT2D eigenvalue weighted by molar-refractivity contribution is -0.131. The van der Waals surface area contributed by atoms with Gasteiger partial charge in [-0.15, -0.1) is 0 Å². The molecule has 1 unspecified atom stereocenters. The number of amides is 1. The number of hydrogen-bond acceptors (Lipinski definition) is 2. The standard InChI is InChI=1S/C20H27N3O/c1-15(2)23-11-9-21-20(23)18-8-5-10-22(14-18)19(24)13-17-7-4-6-16(3)12-17/h4,6-7,9,11-12,15,18H,5,8,10,13-14H2,1-3H3. The molecular formula is C20H27N3O. The number of hydrogen-bond donors (Lipinski definition) is 0. The van der Waals surface area contributed by atoms with Gasteiger partial charge >= 0.3 is 0 Å². The van der Waals surface area contributed by atoms with Gasteiger partial charge in [-0.05, 0) is 39.2 Å². The molecule has 2 heterocycles. The van der Waals surface area contributed by atoms with Gasteiger partial charge in [-0.2, -0.15) is 0 Å². The third kappa shape index (κ3) is 3.69. The van der Waals surface area contributed by atoms with E-state index in [0.29, 0.717) is 18.4 Å². The second-order valence-corrected chi connectivity index (χ2v) is 7.13. The van der Waals surface area contributed by atoms with Gasteiger partial charge in [0.15, 0.2) is 0 Å². The van der Waals surface area contributed by atoms with Crippen LogP contribution in [0.3, 0.4) is 0 Å². The second-order valence-electron chi connectivity index (χ2n) is 7.13. The summed E-state index contributed by atoms with van der Waals surface area (Å²) in [7, 11) is 0. The molecule has 0 saturated carbocycles. The average Bonchev–Trinajstić information content (AvgIpc) is 3.05. The molecule has 1 amide bonds. The minimum atomic E-state index is 0.230. The van der Waals surface area contributed by atoms with E-state index in [1.165, 1.54) is 5.56 Å². The van der Waals surface area contributed by atoms with Crippen molar-refractivity contribution in [3.05, 3.63) is 53.6 Å². The third-order valence-corrected chi connectivity index (χ3v) is 4.83. The predicted molar refractivity (Wildman–Crippen MR) is 96.1 cm³/mol. The van der Waals surface area contributed by atoms with E-state index >= 15 is 0 Å². The van der Waals surface area contributed by atoms with Crippen LogP contribution in [-0.2, 0) is 11.2 Å². The molecule has 0 bridgehead atoms. The van der Waals surface area contributed by atoms with E-state index in [-0.39, 0.29) is 5.91 Å². The van der Waals surface area contributed by atoms with Crippen molar-refractivity contribution < 1.29 is 4.79 Å². The van der Waals surface area contributed by atoms with E-state index in [9.17, 15) is 4.79 Å². The van der Waals surface area contributed by atoms with Crippen molar-refractivity contribution in [2.24, 2.45) is 0 Å². The number of likely N-dealkylation sites (tertiary alicyclic amines) is 1. The first-order valence-electron chi connectivity index (χ1n) is 8.90. The number of benzene rings is 1. The Morgan fingerprint density at radius 3 is 2.96 bits per heavy atom. The number of aryl methyl sites for hydroxylation is 1. The van der Waals surface area contributed by atoms with Crippen molar-refractivity contribution in [1.29, 1.82) is 0 Å². The van der Waals surface area contributed by atoms with Crippen LogP contribution in [0.5, 0.6) is 0 Å². The molecule has 1 saturated heterocycles. The van der Waals surface area contributed by atoms with Crippen LogP contribution in [0.25, 0.3) is 0 Å². The highest BCUT2D eigenvalue weighted by molar-refractivity contribution is 5.79. The summed E-state index contributed by atoms with van der Waals surface area (Å²) in [6.45, 7) is 8.07. The number of imidazole rings is 1. The highest BCUT2D eigenvalue weighted by Crippen LogP contribution is 2.27. The number of carbonyl (C=O) groups excluding carboxylic acids is 1. The first-order chi connectivity index (χ1) is 11.5. The molecule has 0 N–H and O–H groups in total. The van der Waals surface area contributed by atoms with Crippen molar-refractivity contribution in [3.63, 3.8) is 0 Å². The van der Waals surface area contributed by atoms with E-state index in [4.69, 9.17) is 0 Å². The number of nitrogens with zero attached hydrogens (tertiary/aromatic N) is 3. The predicted octanol–water partition coefficient (Wildman–Crippen LogP) is 3.72. The zero-order chi connectivity index (χ0) is 17.1. The van der Waals surface area contributed by atoms with Crippen LogP contribution >= 0.6 is 0 Å². The van der Waals surface area contributed by atoms with E-state index in [0.717, 1.165) is 37.3 Å². The Morgan fingerprint density at radius 1 is 1.38 bits per heavy atom. The fourth-order valence-corrected chi connectivity index (χ4v) is 3.60. The average molecular weight is 325 g/mol. The maximum absolute atomic E-state index is 12.7. The summed E-state index contributed by atoms with van der Waals surface area (Å²) >= 11 is 0. The van der Waals surface area contributed by atoms with E-state index in [1.54, 1.807) is 0 Å². The van der Waals surface area contributed by atoms with Gasteiger partial charge in [-0.3, -0.25) is 4.79 Å². The van der Waals surface area contributed by atoms with Gasteiger partial charge in [0.1, 0.15) is 5.82 Å². The van der Waals surface area contributed by atoms with Crippen LogP contribution < -0.4 is 0 Å². The lowest BCUT2D eigenvalue weighted by Crippen LogP contribution is -2.40. The number of aromatic nitrogens is 2. The normalized spacial score (nSPS) is 18.2. The van der Waals surface area contributed by atoms with Crippen molar-refractivity contribution >= 4 is 5.91 Å². The first-order valence-corrected chi connectivity index (χ1v) is 8.90. The molecule has 1 aromatic heterocycles. The zero-order valence-corrected chi connectivity index (χ0v) is 14.9. The fraction of sp³-hybridized carbons (Fsp3) is 0.500. The Bertz CT molecular complexity index is 704. The van der Waals surface area contributed by atoms with Gasteiger partial charge in [0.05, 0.1) is 6.42 Å². The SMILES string of the molecule is Cc1cccc(CC(=O)N2CCCC(c3nccn3C(C)C)C2)c1. The zero-order valence-electron chi connectivity index (χ0n) is 14.9. The third-order valence-electron chi connectivity index (χ3n) is 4.83. The Kier molecular flexibility index (Phi) is 5.03. The molecule has 4 heteroatoms. The quantitative estimate of drug-likeness (QED) is 0.859. The summed E-state index contributed by atoms with van der Waals surface area (Å²) in [5.41, 5.74) is 2.31. The first kappa shape index (κ1) is 16.7. The molecule has 0 spiro atoms. The molecule has 0 aliphatic carbocycles. The van der Waals surface area contributed by atoms with E-state index in [2.05, 4.69) is 42.5 Å². The summed E-state index contributed by atoms with van der Waals surface area (Å²) < 4.78 is 2.24. The summed E-state index contributed by atoms with van der Waals surface area (Å²) in [5.74, 6) is 1.70. The largest absolute Gasteiger partial charge is 0.342 e. The summed E-state index contributed by atoms with van der Waals surface area (Å²) in [6.07, 6.45) is 6.58. The molecule has 1 aromatic carbocycles. The van der Waals surface area contributed by atoms with Gasteiger partial charge in [0.2, 0.25) is 5.91 Å². The minimum Gasteiger partial charge on any atom is -0.342 e. The lowest BCUT2D eigenvalue weighted by atomic mass is 9.96. The summed E-state index contributed by atoms with van der Waals surface area (Å²) in [5, 5.41) is 0. The van der Waals surface area contributed by atoms with E-state index in [1.807, 2.05) is 29.4 Å². The van der Waals surface area contributed by atoms with Crippen molar-refractivity contribution in [3.8, 4) is 0 Å². The van der Waals surface area contributed by atoms with Crippen molar-refractivity contribution in [2.75, 3.05) is 13.1 Å². The minimum absolute atomic E-state index is 0.230. The molecule has 1 aliphatic heterocycles. The molecule has 1 fully saturated rings. The maximum atomic E-state index is 12.7. The second kappa shape index (κ2) is 7.20. The van der Waals surface area contributed by atoms with Gasteiger partial charge < -0.3 is 9.47 Å². The molecule has 3 rings (SSSR count). The Morgan fingerprint density at radius 2 is 2.21 bits per heavy atom. The van der Waals surface area contributed by atoms with Crippen molar-refractivity contribution in [2.45, 2.75) is 52.0 Å². The van der Waals surface area contributed by atoms with Crippen LogP contribution in [0.15, 0.2) is 36.7 Å². The molecule has 0 radical (unpaired) electrons. The summed E-state index contributed by atoms with van der Waals surface area (Å²) in [6, 6.07) is 8.64. The van der Waals surface area contributed by atoms with Gasteiger partial charge in [-0.25, -0.2) is 4.98 Å². The number of piperidine rings is 1. The molecule has 1 aliphatic rings. The Balaban J connectivity index is 1.69. The van der Waals surface area contributed by atoms with Gasteiger partial charge in [0.25, 0.3) is 0 Å². The Hall–Kier alpha value is -2.10. The van der Waals surface area contributed by atoms with Crippen LogP contribution in [-0.4, -0.2) is 33.4 Å². The number of rotatable bonds is 4. The van der Waals surface area contributed by atoms with Crippen LogP contribution in [0, 0.1) is 6.92 Å². The van der Waals surface area contributed by atoms with Crippen LogP contribution in [0.4, 0.5) is 0 Å². The monoisotopic (exact) mass is 325 g/mol. The van der Waals surface area contributed by atoms with Crippen LogP contribution in [0.2, 0.25) is 0 Å².